The molecule has 2 fully saturated rings. The summed E-state index contributed by atoms with van der Waals surface area (Å²) < 4.78 is 37.2. The molecule has 0 spiro atoms. The Labute approximate surface area is 217 Å². The molecule has 2 heterocycles. The van der Waals surface area contributed by atoms with Crippen molar-refractivity contribution in [3.63, 3.8) is 0 Å². The van der Waals surface area contributed by atoms with Crippen LogP contribution in [0.5, 0.6) is 5.75 Å². The second kappa shape index (κ2) is 11.5. The molecule has 1 atom stereocenters. The van der Waals surface area contributed by atoms with Gasteiger partial charge in [-0.2, -0.15) is 0 Å². The number of carboxylic acids is 1. The minimum absolute atomic E-state index is 0.00759. The highest BCUT2D eigenvalue weighted by molar-refractivity contribution is 7.91. The minimum atomic E-state index is -4.01. The maximum Gasteiger partial charge on any atom is 0.326 e. The summed E-state index contributed by atoms with van der Waals surface area (Å²) in [6.45, 7) is 2.53. The van der Waals surface area contributed by atoms with Gasteiger partial charge in [-0.05, 0) is 60.1 Å². The predicted molar refractivity (Wildman–Crippen MR) is 138 cm³/mol. The fourth-order valence-corrected chi connectivity index (χ4v) is 7.31. The smallest absolute Gasteiger partial charge is 0.326 e. The normalized spacial score (nSPS) is 19.9. The lowest BCUT2D eigenvalue weighted by Crippen LogP contribution is -2.57. The van der Waals surface area contributed by atoms with Gasteiger partial charge in [-0.3, -0.25) is 4.79 Å². The fourth-order valence-electron chi connectivity index (χ4n) is 5.22. The Balaban J connectivity index is 1.44. The third-order valence-corrected chi connectivity index (χ3v) is 10.1. The van der Waals surface area contributed by atoms with Gasteiger partial charge < -0.3 is 24.8 Å². The highest BCUT2D eigenvalue weighted by Crippen LogP contribution is 2.38. The molecule has 0 unspecified atom stereocenters. The molecule has 2 aliphatic heterocycles. The Morgan fingerprint density at radius 2 is 1.86 bits per heavy atom. The summed E-state index contributed by atoms with van der Waals surface area (Å²) in [5.74, 6) is -0.502. The average Bonchev–Trinajstić information content (AvgIpc) is 2.92. The first-order valence-electron chi connectivity index (χ1n) is 12.6. The number of piperidine rings is 1. The summed E-state index contributed by atoms with van der Waals surface area (Å²) >= 11 is 0. The van der Waals surface area contributed by atoms with Crippen molar-refractivity contribution in [1.29, 1.82) is 0 Å². The minimum Gasteiger partial charge on any atom is -0.491 e. The average molecular weight is 534 g/mol. The standard InChI is InChI=1S/C27H35NO8S/c1-19-15-21(5-6-25(19)22-3-2-4-24(16-22)36-18-23(30)17-29)20-7-11-28(12-8-20)37(33,34)27(26(31)32)9-13-35-14-10-27/h2-6,15-16,20,23,29-30H,7-14,17-18H2,1H3,(H,31,32)/t23-/m0/s1. The second-order valence-electron chi connectivity index (χ2n) is 9.84. The summed E-state index contributed by atoms with van der Waals surface area (Å²) in [7, 11) is -4.01. The number of rotatable bonds is 9. The van der Waals surface area contributed by atoms with Gasteiger partial charge in [-0.15, -0.1) is 0 Å². The van der Waals surface area contributed by atoms with Crippen LogP contribution < -0.4 is 4.74 Å². The van der Waals surface area contributed by atoms with Gasteiger partial charge in [0.05, 0.1) is 6.61 Å². The van der Waals surface area contributed by atoms with E-state index in [2.05, 4.69) is 18.2 Å². The number of aliphatic hydroxyl groups is 2. The Hall–Kier alpha value is -2.50. The monoisotopic (exact) mass is 533 g/mol. The molecule has 202 valence electrons. The summed E-state index contributed by atoms with van der Waals surface area (Å²) in [6.07, 6.45) is 0.262. The zero-order valence-corrected chi connectivity index (χ0v) is 21.8. The van der Waals surface area contributed by atoms with Crippen LogP contribution in [0.2, 0.25) is 0 Å². The van der Waals surface area contributed by atoms with Crippen molar-refractivity contribution in [1.82, 2.24) is 4.31 Å². The van der Waals surface area contributed by atoms with Gasteiger partial charge in [0.25, 0.3) is 0 Å². The Morgan fingerprint density at radius 3 is 2.49 bits per heavy atom. The fraction of sp³-hybridized carbons (Fsp3) is 0.519. The number of sulfonamides is 1. The number of hydrogen-bond donors (Lipinski definition) is 3. The molecule has 2 aromatic carbocycles. The number of aryl methyl sites for hydroxylation is 1. The van der Waals surface area contributed by atoms with Crippen molar-refractivity contribution >= 4 is 16.0 Å². The van der Waals surface area contributed by atoms with Crippen LogP contribution in [0.25, 0.3) is 11.1 Å². The summed E-state index contributed by atoms with van der Waals surface area (Å²) in [5, 5.41) is 28.3. The highest BCUT2D eigenvalue weighted by atomic mass is 32.2. The van der Waals surface area contributed by atoms with Crippen molar-refractivity contribution in [3.05, 3.63) is 53.6 Å². The molecule has 4 rings (SSSR count). The number of carboxylic acid groups (broad SMARTS) is 1. The van der Waals surface area contributed by atoms with Crippen LogP contribution in [0, 0.1) is 6.92 Å². The van der Waals surface area contributed by atoms with E-state index in [9.17, 15) is 23.4 Å². The molecule has 10 heteroatoms. The van der Waals surface area contributed by atoms with Crippen molar-refractivity contribution < 1.29 is 38.0 Å². The second-order valence-corrected chi connectivity index (χ2v) is 12.1. The number of aliphatic carboxylic acids is 1. The summed E-state index contributed by atoms with van der Waals surface area (Å²) in [6, 6.07) is 13.8. The van der Waals surface area contributed by atoms with E-state index >= 15 is 0 Å². The number of nitrogens with zero attached hydrogens (tertiary/aromatic N) is 1. The zero-order valence-electron chi connectivity index (χ0n) is 21.0. The number of benzene rings is 2. The molecule has 9 nitrogen and oxygen atoms in total. The number of aliphatic hydroxyl groups excluding tert-OH is 2. The molecule has 2 aliphatic rings. The molecule has 2 aromatic rings. The van der Waals surface area contributed by atoms with Crippen LogP contribution in [0.4, 0.5) is 0 Å². The van der Waals surface area contributed by atoms with E-state index in [4.69, 9.17) is 14.6 Å². The number of carbonyl (C=O) groups is 1. The Morgan fingerprint density at radius 1 is 1.16 bits per heavy atom. The molecule has 0 aromatic heterocycles. The van der Waals surface area contributed by atoms with Crippen LogP contribution >= 0.6 is 0 Å². The molecule has 0 amide bonds. The van der Waals surface area contributed by atoms with Crippen molar-refractivity contribution in [2.75, 3.05) is 39.5 Å². The molecule has 3 N–H and O–H groups in total. The first kappa shape index (κ1) is 27.5. The van der Waals surface area contributed by atoms with E-state index in [1.807, 2.05) is 25.1 Å². The van der Waals surface area contributed by atoms with E-state index in [1.54, 1.807) is 6.07 Å². The molecule has 0 bridgehead atoms. The lowest BCUT2D eigenvalue weighted by atomic mass is 9.87. The molecular weight excluding hydrogens is 498 g/mol. The molecular formula is C27H35NO8S. The van der Waals surface area contributed by atoms with E-state index in [0.29, 0.717) is 31.7 Å². The van der Waals surface area contributed by atoms with Gasteiger partial charge >= 0.3 is 5.97 Å². The van der Waals surface area contributed by atoms with E-state index < -0.39 is 26.8 Å². The predicted octanol–water partition coefficient (Wildman–Crippen LogP) is 2.54. The first-order valence-corrected chi connectivity index (χ1v) is 14.1. The van der Waals surface area contributed by atoms with Gasteiger partial charge in [0, 0.05) is 39.1 Å². The maximum absolute atomic E-state index is 13.4. The maximum atomic E-state index is 13.4. The van der Waals surface area contributed by atoms with Crippen LogP contribution in [-0.2, 0) is 19.6 Å². The quantitative estimate of drug-likeness (QED) is 0.448. The first-order chi connectivity index (χ1) is 17.7. The van der Waals surface area contributed by atoms with E-state index in [1.165, 1.54) is 4.31 Å². The third kappa shape index (κ3) is 5.68. The summed E-state index contributed by atoms with van der Waals surface area (Å²) in [4.78, 5) is 12.0. The lowest BCUT2D eigenvalue weighted by Gasteiger charge is -2.39. The van der Waals surface area contributed by atoms with E-state index in [-0.39, 0.29) is 45.2 Å². The number of hydrogen-bond acceptors (Lipinski definition) is 7. The largest absolute Gasteiger partial charge is 0.491 e. The lowest BCUT2D eigenvalue weighted by molar-refractivity contribution is -0.142. The number of ether oxygens (including phenoxy) is 2. The van der Waals surface area contributed by atoms with Gasteiger partial charge in [-0.25, -0.2) is 12.7 Å². The molecule has 0 aliphatic carbocycles. The molecule has 2 saturated heterocycles. The van der Waals surface area contributed by atoms with E-state index in [0.717, 1.165) is 22.3 Å². The third-order valence-electron chi connectivity index (χ3n) is 7.50. The molecule has 0 radical (unpaired) electrons. The zero-order chi connectivity index (χ0) is 26.6. The molecule has 0 saturated carbocycles. The van der Waals surface area contributed by atoms with Crippen molar-refractivity contribution in [3.8, 4) is 16.9 Å². The van der Waals surface area contributed by atoms with Crippen molar-refractivity contribution in [2.24, 2.45) is 0 Å². The Bertz CT molecular complexity index is 1200. The van der Waals surface area contributed by atoms with Crippen LogP contribution in [-0.4, -0.2) is 84.4 Å². The van der Waals surface area contributed by atoms with Crippen LogP contribution in [0.15, 0.2) is 42.5 Å². The highest BCUT2D eigenvalue weighted by Gasteiger charge is 2.54. The topological polar surface area (TPSA) is 134 Å². The summed E-state index contributed by atoms with van der Waals surface area (Å²) in [5.41, 5.74) is 4.22. The van der Waals surface area contributed by atoms with Gasteiger partial charge in [0.2, 0.25) is 10.0 Å². The van der Waals surface area contributed by atoms with Crippen molar-refractivity contribution in [2.45, 2.75) is 49.4 Å². The van der Waals surface area contributed by atoms with Crippen LogP contribution in [0.1, 0.15) is 42.7 Å². The van der Waals surface area contributed by atoms with Gasteiger partial charge in [0.15, 0.2) is 4.75 Å². The van der Waals surface area contributed by atoms with Gasteiger partial charge in [0.1, 0.15) is 18.5 Å². The Kier molecular flexibility index (Phi) is 8.55. The van der Waals surface area contributed by atoms with Crippen LogP contribution in [0.3, 0.4) is 0 Å². The molecule has 37 heavy (non-hydrogen) atoms. The SMILES string of the molecule is Cc1cc(C2CCN(S(=O)(=O)C3(C(=O)O)CCOCC3)CC2)ccc1-c1cccc(OC[C@@H](O)CO)c1. The van der Waals surface area contributed by atoms with Gasteiger partial charge in [-0.1, -0.05) is 30.3 Å².